The number of Topliss-reactive ketones (excluding diaryl/α,β-unsaturated/α-hetero) is 1. The van der Waals surface area contributed by atoms with Crippen molar-refractivity contribution in [1.29, 1.82) is 0 Å². The highest BCUT2D eigenvalue weighted by atomic mass is 79.9. The molecule has 0 aromatic heterocycles. The van der Waals surface area contributed by atoms with Crippen LogP contribution in [0.4, 0.5) is 0 Å². The van der Waals surface area contributed by atoms with Gasteiger partial charge in [-0.2, -0.15) is 0 Å². The van der Waals surface area contributed by atoms with Crippen LogP contribution in [0.2, 0.25) is 0 Å². The Kier molecular flexibility index (Phi) is 5.85. The summed E-state index contributed by atoms with van der Waals surface area (Å²) in [6, 6.07) is 5.77. The fraction of sp³-hybridized carbons (Fsp3) is 0.385. The maximum absolute atomic E-state index is 11.2. The van der Waals surface area contributed by atoms with Crippen LogP contribution in [0.5, 0.6) is 5.75 Å². The quantitative estimate of drug-likeness (QED) is 0.818. The molecule has 0 aliphatic carbocycles. The number of ketones is 1. The molecule has 0 radical (unpaired) electrons. The Morgan fingerprint density at radius 3 is 2.67 bits per heavy atom. The molecule has 1 aromatic rings. The number of ether oxygens (including phenoxy) is 1. The summed E-state index contributed by atoms with van der Waals surface area (Å²) < 4.78 is 6.02. The van der Waals surface area contributed by atoms with Crippen molar-refractivity contribution in [1.82, 2.24) is 5.32 Å². The number of carbonyl (C=O) groups excluding carboxylic acids is 2. The first-order chi connectivity index (χ1) is 8.52. The molecule has 4 nitrogen and oxygen atoms in total. The van der Waals surface area contributed by atoms with Crippen LogP contribution in [0.25, 0.3) is 0 Å². The summed E-state index contributed by atoms with van der Waals surface area (Å²) in [6.07, 6.45) is 0.665. The minimum absolute atomic E-state index is 0.0493. The van der Waals surface area contributed by atoms with Crippen molar-refractivity contribution in [3.63, 3.8) is 0 Å². The van der Waals surface area contributed by atoms with Crippen molar-refractivity contribution in [2.75, 3.05) is 13.7 Å². The number of carbonyl (C=O) groups is 2. The molecule has 0 spiro atoms. The Morgan fingerprint density at radius 1 is 1.39 bits per heavy atom. The van der Waals surface area contributed by atoms with Crippen molar-refractivity contribution in [3.8, 4) is 5.75 Å². The zero-order valence-electron chi connectivity index (χ0n) is 10.5. The van der Waals surface area contributed by atoms with Gasteiger partial charge in [-0.25, -0.2) is 0 Å². The van der Waals surface area contributed by atoms with Crippen LogP contribution in [0, 0.1) is 0 Å². The minimum Gasteiger partial charge on any atom is -0.496 e. The number of hydrogen-bond acceptors (Lipinski definition) is 3. The lowest BCUT2D eigenvalue weighted by atomic mass is 10.1. The van der Waals surface area contributed by atoms with E-state index < -0.39 is 0 Å². The summed E-state index contributed by atoms with van der Waals surface area (Å²) in [7, 11) is 1.61. The van der Waals surface area contributed by atoms with E-state index in [2.05, 4.69) is 21.2 Å². The van der Waals surface area contributed by atoms with Crippen LogP contribution in [-0.4, -0.2) is 25.3 Å². The maximum atomic E-state index is 11.2. The molecule has 5 heteroatoms. The molecule has 18 heavy (non-hydrogen) atoms. The van der Waals surface area contributed by atoms with E-state index in [1.54, 1.807) is 7.11 Å². The first kappa shape index (κ1) is 14.7. The van der Waals surface area contributed by atoms with E-state index in [1.165, 1.54) is 6.92 Å². The van der Waals surface area contributed by atoms with Crippen LogP contribution in [-0.2, 0) is 16.0 Å². The van der Waals surface area contributed by atoms with Gasteiger partial charge in [0, 0.05) is 6.54 Å². The van der Waals surface area contributed by atoms with E-state index in [4.69, 9.17) is 4.74 Å². The van der Waals surface area contributed by atoms with Crippen LogP contribution >= 0.6 is 15.9 Å². The second-order valence-corrected chi connectivity index (χ2v) is 4.80. The van der Waals surface area contributed by atoms with Gasteiger partial charge in [0.1, 0.15) is 11.5 Å². The molecule has 1 amide bonds. The standard InChI is InChI=1S/C13H16BrNO3/c1-9(16)7-13(17)15-6-5-10-3-4-12(18-2)11(14)8-10/h3-4,8H,5-7H2,1-2H3,(H,15,17). The highest BCUT2D eigenvalue weighted by Gasteiger charge is 2.05. The monoisotopic (exact) mass is 313 g/mol. The molecule has 98 valence electrons. The van der Waals surface area contributed by atoms with E-state index in [9.17, 15) is 9.59 Å². The molecule has 0 bridgehead atoms. The van der Waals surface area contributed by atoms with Crippen LogP contribution in [0.1, 0.15) is 18.9 Å². The first-order valence-corrected chi connectivity index (χ1v) is 6.40. The maximum Gasteiger partial charge on any atom is 0.227 e. The van der Waals surface area contributed by atoms with E-state index >= 15 is 0 Å². The molecule has 0 atom stereocenters. The van der Waals surface area contributed by atoms with E-state index in [0.717, 1.165) is 15.8 Å². The number of rotatable bonds is 6. The van der Waals surface area contributed by atoms with Crippen molar-refractivity contribution in [2.24, 2.45) is 0 Å². The molecule has 0 aliphatic heterocycles. The first-order valence-electron chi connectivity index (χ1n) is 5.61. The largest absolute Gasteiger partial charge is 0.496 e. The topological polar surface area (TPSA) is 55.4 Å². The highest BCUT2D eigenvalue weighted by molar-refractivity contribution is 9.10. The highest BCUT2D eigenvalue weighted by Crippen LogP contribution is 2.25. The average molecular weight is 314 g/mol. The van der Waals surface area contributed by atoms with Crippen LogP contribution in [0.3, 0.4) is 0 Å². The van der Waals surface area contributed by atoms with E-state index in [1.807, 2.05) is 18.2 Å². The Labute approximate surface area is 115 Å². The molecule has 0 aliphatic rings. The summed E-state index contributed by atoms with van der Waals surface area (Å²) in [4.78, 5) is 22.0. The molecule has 0 heterocycles. The summed E-state index contributed by atoms with van der Waals surface area (Å²) in [5.41, 5.74) is 1.09. The Bertz CT molecular complexity index is 446. The van der Waals surface area contributed by atoms with Gasteiger partial charge in [-0.15, -0.1) is 0 Å². The lowest BCUT2D eigenvalue weighted by Gasteiger charge is -2.07. The molecule has 1 N–H and O–H groups in total. The van der Waals surface area contributed by atoms with Gasteiger partial charge in [0.05, 0.1) is 18.0 Å². The molecular formula is C13H16BrNO3. The van der Waals surface area contributed by atoms with E-state index in [-0.39, 0.29) is 18.1 Å². The van der Waals surface area contributed by atoms with Gasteiger partial charge in [0.2, 0.25) is 5.91 Å². The van der Waals surface area contributed by atoms with Gasteiger partial charge >= 0.3 is 0 Å². The third kappa shape index (κ3) is 4.87. The fourth-order valence-electron chi connectivity index (χ4n) is 1.50. The van der Waals surface area contributed by atoms with Crippen molar-refractivity contribution < 1.29 is 14.3 Å². The van der Waals surface area contributed by atoms with Gasteiger partial charge in [0.25, 0.3) is 0 Å². The number of methoxy groups -OCH3 is 1. The number of benzene rings is 1. The average Bonchev–Trinajstić information content (AvgIpc) is 2.28. The van der Waals surface area contributed by atoms with Gasteiger partial charge in [0.15, 0.2) is 0 Å². The number of nitrogens with one attached hydrogen (secondary N) is 1. The zero-order chi connectivity index (χ0) is 13.5. The third-order valence-electron chi connectivity index (χ3n) is 2.36. The number of amides is 1. The van der Waals surface area contributed by atoms with Gasteiger partial charge in [-0.3, -0.25) is 9.59 Å². The van der Waals surface area contributed by atoms with Gasteiger partial charge in [-0.05, 0) is 47.0 Å². The lowest BCUT2D eigenvalue weighted by Crippen LogP contribution is -2.27. The molecule has 1 rings (SSSR count). The SMILES string of the molecule is COc1ccc(CCNC(=O)CC(C)=O)cc1Br. The Hall–Kier alpha value is -1.36. The van der Waals surface area contributed by atoms with Gasteiger partial charge < -0.3 is 10.1 Å². The molecule has 1 aromatic carbocycles. The normalized spacial score (nSPS) is 9.94. The van der Waals surface area contributed by atoms with Crippen molar-refractivity contribution >= 4 is 27.6 Å². The number of halogens is 1. The van der Waals surface area contributed by atoms with Crippen molar-refractivity contribution in [3.05, 3.63) is 28.2 Å². The zero-order valence-corrected chi connectivity index (χ0v) is 12.0. The van der Waals surface area contributed by atoms with Gasteiger partial charge in [-0.1, -0.05) is 6.07 Å². The smallest absolute Gasteiger partial charge is 0.227 e. The molecule has 0 fully saturated rings. The third-order valence-corrected chi connectivity index (χ3v) is 2.98. The number of hydrogen-bond donors (Lipinski definition) is 1. The van der Waals surface area contributed by atoms with Crippen molar-refractivity contribution in [2.45, 2.75) is 19.8 Å². The fourth-order valence-corrected chi connectivity index (χ4v) is 2.09. The second kappa shape index (κ2) is 7.16. The Morgan fingerprint density at radius 2 is 2.11 bits per heavy atom. The predicted molar refractivity (Wildman–Crippen MR) is 72.7 cm³/mol. The summed E-state index contributed by atoms with van der Waals surface area (Å²) in [5, 5.41) is 2.70. The predicted octanol–water partition coefficient (Wildman–Crippen LogP) is 2.10. The molecular weight excluding hydrogens is 298 g/mol. The molecule has 0 unspecified atom stereocenters. The molecule has 0 saturated heterocycles. The van der Waals surface area contributed by atoms with E-state index in [0.29, 0.717) is 13.0 Å². The van der Waals surface area contributed by atoms with Crippen LogP contribution < -0.4 is 10.1 Å². The summed E-state index contributed by atoms with van der Waals surface area (Å²) in [5.74, 6) is 0.425. The second-order valence-electron chi connectivity index (χ2n) is 3.95. The summed E-state index contributed by atoms with van der Waals surface area (Å²) in [6.45, 7) is 1.92. The minimum atomic E-state index is -0.227. The summed E-state index contributed by atoms with van der Waals surface area (Å²) >= 11 is 3.40. The Balaban J connectivity index is 2.42. The van der Waals surface area contributed by atoms with Crippen LogP contribution in [0.15, 0.2) is 22.7 Å². The molecule has 0 saturated carbocycles. The lowest BCUT2D eigenvalue weighted by molar-refractivity contribution is -0.127.